The second-order valence-electron chi connectivity index (χ2n) is 5.99. The van der Waals surface area contributed by atoms with Crippen molar-refractivity contribution in [2.75, 3.05) is 13.1 Å². The predicted octanol–water partition coefficient (Wildman–Crippen LogP) is 3.39. The first-order valence-electron chi connectivity index (χ1n) is 7.18. The minimum atomic E-state index is -0.0154. The molecule has 1 saturated heterocycles. The number of morpholine rings is 1. The van der Waals surface area contributed by atoms with Crippen molar-refractivity contribution in [2.45, 2.75) is 50.7 Å². The van der Waals surface area contributed by atoms with E-state index in [4.69, 9.17) is 4.74 Å². The summed E-state index contributed by atoms with van der Waals surface area (Å²) in [5, 5.41) is 3.51. The van der Waals surface area contributed by atoms with Gasteiger partial charge in [0.25, 0.3) is 0 Å². The Labute approximate surface area is 110 Å². The van der Waals surface area contributed by atoms with Gasteiger partial charge >= 0.3 is 0 Å². The average Bonchev–Trinajstić information content (AvgIpc) is 3.23. The Kier molecular flexibility index (Phi) is 3.16. The van der Waals surface area contributed by atoms with Crippen molar-refractivity contribution in [3.05, 3.63) is 35.4 Å². The first-order valence-corrected chi connectivity index (χ1v) is 7.18. The zero-order valence-corrected chi connectivity index (χ0v) is 11.4. The molecule has 1 aliphatic heterocycles. The van der Waals surface area contributed by atoms with E-state index in [-0.39, 0.29) is 11.7 Å². The average molecular weight is 245 g/mol. The number of rotatable bonds is 3. The second-order valence-corrected chi connectivity index (χ2v) is 5.99. The molecule has 2 aliphatic rings. The number of nitrogens with one attached hydrogen (secondary N) is 1. The highest BCUT2D eigenvalue weighted by molar-refractivity contribution is 5.30. The third-order valence-electron chi connectivity index (χ3n) is 4.33. The van der Waals surface area contributed by atoms with E-state index in [1.807, 2.05) is 0 Å². The molecule has 1 aromatic carbocycles. The van der Waals surface area contributed by atoms with E-state index in [1.54, 1.807) is 0 Å². The molecule has 2 atom stereocenters. The van der Waals surface area contributed by atoms with Crippen LogP contribution in [-0.4, -0.2) is 18.7 Å². The Hall–Kier alpha value is -0.860. The largest absolute Gasteiger partial charge is 0.365 e. The first-order chi connectivity index (χ1) is 8.70. The summed E-state index contributed by atoms with van der Waals surface area (Å²) in [5.74, 6) is 0.819. The number of hydrogen-bond acceptors (Lipinski definition) is 2. The molecule has 2 nitrogen and oxygen atoms in total. The maximum absolute atomic E-state index is 6.30. The van der Waals surface area contributed by atoms with Gasteiger partial charge in [-0.1, -0.05) is 31.2 Å². The lowest BCUT2D eigenvalue weighted by Gasteiger charge is -2.39. The molecular weight excluding hydrogens is 222 g/mol. The van der Waals surface area contributed by atoms with Crippen LogP contribution in [0.5, 0.6) is 0 Å². The number of hydrogen-bond donors (Lipinski definition) is 1. The second kappa shape index (κ2) is 4.67. The summed E-state index contributed by atoms with van der Waals surface area (Å²) in [6.45, 7) is 6.30. The molecule has 1 saturated carbocycles. The smallest absolute Gasteiger partial charge is 0.0957 e. The highest BCUT2D eigenvalue weighted by Gasteiger charge is 2.32. The van der Waals surface area contributed by atoms with Crippen molar-refractivity contribution in [1.29, 1.82) is 0 Å². The van der Waals surface area contributed by atoms with E-state index in [0.717, 1.165) is 25.4 Å². The van der Waals surface area contributed by atoms with Gasteiger partial charge in [-0.3, -0.25) is 0 Å². The summed E-state index contributed by atoms with van der Waals surface area (Å²) in [7, 11) is 0. The van der Waals surface area contributed by atoms with Gasteiger partial charge in [0.15, 0.2) is 0 Å². The summed E-state index contributed by atoms with van der Waals surface area (Å²) >= 11 is 0. The van der Waals surface area contributed by atoms with Gasteiger partial charge in [0, 0.05) is 13.1 Å². The third kappa shape index (κ3) is 2.45. The zero-order valence-electron chi connectivity index (χ0n) is 11.4. The molecule has 1 heterocycles. The van der Waals surface area contributed by atoms with Gasteiger partial charge in [0.1, 0.15) is 0 Å². The van der Waals surface area contributed by atoms with Crippen LogP contribution in [0.4, 0.5) is 0 Å². The van der Waals surface area contributed by atoms with Crippen LogP contribution in [0.1, 0.15) is 56.3 Å². The SMILES string of the molecule is CCC1(C)CNCC(c2cccc(C3CC3)c2)O1. The monoisotopic (exact) mass is 245 g/mol. The zero-order chi connectivity index (χ0) is 12.6. The molecule has 0 spiro atoms. The van der Waals surface area contributed by atoms with Gasteiger partial charge in [-0.25, -0.2) is 0 Å². The summed E-state index contributed by atoms with van der Waals surface area (Å²) in [4.78, 5) is 0. The van der Waals surface area contributed by atoms with Crippen molar-refractivity contribution in [3.8, 4) is 0 Å². The molecule has 1 aliphatic carbocycles. The Bertz CT molecular complexity index is 427. The van der Waals surface area contributed by atoms with Gasteiger partial charge in [0.2, 0.25) is 0 Å². The summed E-state index contributed by atoms with van der Waals surface area (Å²) < 4.78 is 6.30. The lowest BCUT2D eigenvalue weighted by Crippen LogP contribution is -2.48. The predicted molar refractivity (Wildman–Crippen MR) is 73.8 cm³/mol. The fourth-order valence-electron chi connectivity index (χ4n) is 2.72. The fraction of sp³-hybridized carbons (Fsp3) is 0.625. The van der Waals surface area contributed by atoms with Crippen molar-refractivity contribution >= 4 is 0 Å². The minimum Gasteiger partial charge on any atom is -0.365 e. The summed E-state index contributed by atoms with van der Waals surface area (Å²) in [6, 6.07) is 9.01. The van der Waals surface area contributed by atoms with Crippen molar-refractivity contribution in [3.63, 3.8) is 0 Å². The molecule has 0 aromatic heterocycles. The fourth-order valence-corrected chi connectivity index (χ4v) is 2.72. The van der Waals surface area contributed by atoms with Crippen molar-refractivity contribution in [2.24, 2.45) is 0 Å². The summed E-state index contributed by atoms with van der Waals surface area (Å²) in [5.41, 5.74) is 2.82. The van der Waals surface area contributed by atoms with Crippen LogP contribution in [0.25, 0.3) is 0 Å². The lowest BCUT2D eigenvalue weighted by molar-refractivity contribution is -0.109. The van der Waals surface area contributed by atoms with Gasteiger partial charge in [-0.15, -0.1) is 0 Å². The van der Waals surface area contributed by atoms with Crippen molar-refractivity contribution < 1.29 is 4.74 Å². The first kappa shape index (κ1) is 12.2. The molecule has 0 radical (unpaired) electrons. The molecule has 3 rings (SSSR count). The highest BCUT2D eigenvalue weighted by Crippen LogP contribution is 2.41. The van der Waals surface area contributed by atoms with Crippen LogP contribution < -0.4 is 5.32 Å². The topological polar surface area (TPSA) is 21.3 Å². The molecule has 18 heavy (non-hydrogen) atoms. The molecular formula is C16H23NO. The van der Waals surface area contributed by atoms with E-state index in [1.165, 1.54) is 24.0 Å². The minimum absolute atomic E-state index is 0.0154. The molecule has 0 amide bonds. The van der Waals surface area contributed by atoms with Crippen LogP contribution in [0.15, 0.2) is 24.3 Å². The van der Waals surface area contributed by atoms with Gasteiger partial charge in [0.05, 0.1) is 11.7 Å². The van der Waals surface area contributed by atoms with E-state index in [0.29, 0.717) is 0 Å². The van der Waals surface area contributed by atoms with E-state index in [2.05, 4.69) is 43.4 Å². The Balaban J connectivity index is 1.79. The van der Waals surface area contributed by atoms with Crippen molar-refractivity contribution in [1.82, 2.24) is 5.32 Å². The molecule has 2 fully saturated rings. The van der Waals surface area contributed by atoms with E-state index in [9.17, 15) is 0 Å². The van der Waals surface area contributed by atoms with Crippen LogP contribution in [0, 0.1) is 0 Å². The van der Waals surface area contributed by atoms with Gasteiger partial charge < -0.3 is 10.1 Å². The van der Waals surface area contributed by atoms with Gasteiger partial charge in [-0.05, 0) is 43.2 Å². The maximum atomic E-state index is 6.30. The molecule has 2 unspecified atom stereocenters. The van der Waals surface area contributed by atoms with Crippen LogP contribution in [0.3, 0.4) is 0 Å². The van der Waals surface area contributed by atoms with Crippen LogP contribution >= 0.6 is 0 Å². The maximum Gasteiger partial charge on any atom is 0.0957 e. The molecule has 1 N–H and O–H groups in total. The van der Waals surface area contributed by atoms with Crippen LogP contribution in [0.2, 0.25) is 0 Å². The Morgan fingerprint density at radius 1 is 1.33 bits per heavy atom. The standard InChI is InChI=1S/C16H23NO/c1-3-16(2)11-17-10-15(18-16)14-6-4-5-13(9-14)12-7-8-12/h4-6,9,12,15,17H,3,7-8,10-11H2,1-2H3. The number of ether oxygens (including phenoxy) is 1. The van der Waals surface area contributed by atoms with Crippen LogP contribution in [-0.2, 0) is 4.74 Å². The number of benzene rings is 1. The lowest BCUT2D eigenvalue weighted by atomic mass is 9.97. The third-order valence-corrected chi connectivity index (χ3v) is 4.33. The normalized spacial score (nSPS) is 32.4. The highest BCUT2D eigenvalue weighted by atomic mass is 16.5. The van der Waals surface area contributed by atoms with E-state index < -0.39 is 0 Å². The molecule has 2 heteroatoms. The van der Waals surface area contributed by atoms with Gasteiger partial charge in [-0.2, -0.15) is 0 Å². The quantitative estimate of drug-likeness (QED) is 0.881. The molecule has 1 aromatic rings. The van der Waals surface area contributed by atoms with E-state index >= 15 is 0 Å². The molecule has 98 valence electrons. The molecule has 0 bridgehead atoms. The summed E-state index contributed by atoms with van der Waals surface area (Å²) in [6.07, 6.45) is 3.99. The Morgan fingerprint density at radius 3 is 2.83 bits per heavy atom. The Morgan fingerprint density at radius 2 is 2.11 bits per heavy atom.